The highest BCUT2D eigenvalue weighted by Crippen LogP contribution is 2.56. The smallest absolute Gasteiger partial charge is 0.238 e. The van der Waals surface area contributed by atoms with Gasteiger partial charge in [-0.1, -0.05) is 23.8 Å². The lowest BCUT2D eigenvalue weighted by molar-refractivity contribution is -0.123. The Bertz CT molecular complexity index is 2020. The second-order valence-corrected chi connectivity index (χ2v) is 13.9. The van der Waals surface area contributed by atoms with Gasteiger partial charge in [0.1, 0.15) is 5.75 Å². The fourth-order valence-corrected chi connectivity index (χ4v) is 8.05. The van der Waals surface area contributed by atoms with E-state index < -0.39 is 23.7 Å². The van der Waals surface area contributed by atoms with Gasteiger partial charge in [0.15, 0.2) is 11.6 Å². The van der Waals surface area contributed by atoms with Crippen LogP contribution < -0.4 is 9.80 Å². The molecule has 242 valence electrons. The number of aromatic hydroxyl groups is 1. The van der Waals surface area contributed by atoms with E-state index in [1.807, 2.05) is 61.5 Å². The monoisotopic (exact) mass is 704 g/mol. The highest BCUT2D eigenvalue weighted by atomic mass is 79.9. The minimum Gasteiger partial charge on any atom is -0.507 e. The molecule has 2 amide bonds. The first-order valence-corrected chi connectivity index (χ1v) is 16.6. The lowest BCUT2D eigenvalue weighted by Crippen LogP contribution is -2.39. The zero-order chi connectivity index (χ0) is 34.0. The number of hydrogen-bond acceptors (Lipinski definition) is 8. The lowest BCUT2D eigenvalue weighted by atomic mass is 9.59. The molecule has 10 heteroatoms. The number of phenolic OH excluding ortho intramolecular Hbond substituents is 1. The van der Waals surface area contributed by atoms with Crippen LogP contribution in [0.4, 0.5) is 22.7 Å². The largest absolute Gasteiger partial charge is 0.507 e. The number of Topliss-reactive ketones (excluding diaryl/α,β-unsaturated/α-hetero) is 1. The topological polar surface area (TPSA) is 120 Å². The van der Waals surface area contributed by atoms with Crippen LogP contribution in [0.5, 0.6) is 5.75 Å². The Balaban J connectivity index is 1.20. The van der Waals surface area contributed by atoms with Crippen LogP contribution in [-0.2, 0) is 19.2 Å². The fraction of sp³-hybridized carbons (Fsp3) is 0.263. The van der Waals surface area contributed by atoms with Crippen LogP contribution in [0.25, 0.3) is 0 Å². The van der Waals surface area contributed by atoms with E-state index in [4.69, 9.17) is 0 Å². The van der Waals surface area contributed by atoms with E-state index in [1.165, 1.54) is 11.0 Å². The van der Waals surface area contributed by atoms with Gasteiger partial charge in [-0.3, -0.25) is 24.1 Å². The van der Waals surface area contributed by atoms with Gasteiger partial charge in [0, 0.05) is 42.9 Å². The molecule has 1 N–H and O–H groups in total. The number of imide groups is 1. The predicted octanol–water partition coefficient (Wildman–Crippen LogP) is 7.46. The summed E-state index contributed by atoms with van der Waals surface area (Å²) in [6.45, 7) is 3.59. The van der Waals surface area contributed by atoms with Gasteiger partial charge in [0.05, 0.1) is 33.4 Å². The summed E-state index contributed by atoms with van der Waals surface area (Å²) in [5, 5.41) is 19.1. The number of anilines is 2. The number of azo groups is 1. The molecule has 3 aliphatic carbocycles. The van der Waals surface area contributed by atoms with Gasteiger partial charge in [0.2, 0.25) is 11.8 Å². The SMILES string of the molecule is Cc1cc(C2C3=CCC4C(=O)N(c5ccc(N=Nc6ccc(N(C)C)cc6)cc5)C(=O)C4C3CC3=C2C(=O)C=C(Br)C3=O)cc(C)c1O. The summed E-state index contributed by atoms with van der Waals surface area (Å²) in [4.78, 5) is 58.4. The molecule has 48 heavy (non-hydrogen) atoms. The molecule has 0 bridgehead atoms. The van der Waals surface area contributed by atoms with Crippen LogP contribution in [-0.4, -0.2) is 42.6 Å². The van der Waals surface area contributed by atoms with Crippen molar-refractivity contribution in [3.63, 3.8) is 0 Å². The number of ketones is 2. The number of amides is 2. The number of phenols is 1. The van der Waals surface area contributed by atoms with Gasteiger partial charge in [-0.15, -0.1) is 0 Å². The summed E-state index contributed by atoms with van der Waals surface area (Å²) in [5.41, 5.74) is 6.48. The molecule has 4 unspecified atom stereocenters. The highest BCUT2D eigenvalue weighted by Gasteiger charge is 2.56. The molecule has 1 saturated heterocycles. The van der Waals surface area contributed by atoms with E-state index in [1.54, 1.807) is 38.1 Å². The van der Waals surface area contributed by atoms with Crippen molar-refractivity contribution >= 4 is 62.1 Å². The first-order valence-electron chi connectivity index (χ1n) is 15.8. The average molecular weight is 706 g/mol. The van der Waals surface area contributed by atoms with Gasteiger partial charge < -0.3 is 10.0 Å². The number of fused-ring (bicyclic) bond motifs is 3. The van der Waals surface area contributed by atoms with Crippen LogP contribution >= 0.6 is 15.9 Å². The van der Waals surface area contributed by atoms with Gasteiger partial charge in [0.25, 0.3) is 0 Å². The molecular weight excluding hydrogens is 672 g/mol. The van der Waals surface area contributed by atoms with Crippen LogP contribution in [0.2, 0.25) is 0 Å². The van der Waals surface area contributed by atoms with Crippen molar-refractivity contribution in [3.05, 3.63) is 111 Å². The van der Waals surface area contributed by atoms with Crippen molar-refractivity contribution in [2.75, 3.05) is 23.9 Å². The van der Waals surface area contributed by atoms with E-state index in [0.717, 1.165) is 16.8 Å². The Hall–Kier alpha value is -4.96. The number of aryl methyl sites for hydroxylation is 2. The first kappa shape index (κ1) is 31.6. The van der Waals surface area contributed by atoms with Gasteiger partial charge in [-0.25, -0.2) is 0 Å². The number of hydrogen-bond donors (Lipinski definition) is 1. The molecule has 4 atom stereocenters. The van der Waals surface area contributed by atoms with Gasteiger partial charge in [-0.2, -0.15) is 10.2 Å². The third-order valence-electron chi connectivity index (χ3n) is 9.93. The minimum absolute atomic E-state index is 0.171. The molecular formula is C38H33BrN4O5. The number of nitrogens with zero attached hydrogens (tertiary/aromatic N) is 4. The summed E-state index contributed by atoms with van der Waals surface area (Å²) in [7, 11) is 3.93. The van der Waals surface area contributed by atoms with Gasteiger partial charge in [-0.05, 0) is 114 Å². The van der Waals surface area contributed by atoms with Crippen molar-refractivity contribution in [2.24, 2.45) is 28.0 Å². The fourth-order valence-electron chi connectivity index (χ4n) is 7.60. The van der Waals surface area contributed by atoms with Crippen LogP contribution in [0.1, 0.15) is 35.4 Å². The third-order valence-corrected chi connectivity index (χ3v) is 10.5. The molecule has 7 rings (SSSR count). The van der Waals surface area contributed by atoms with Crippen LogP contribution in [0.3, 0.4) is 0 Å². The Morgan fingerprint density at radius 3 is 2.06 bits per heavy atom. The number of benzene rings is 3. The molecule has 0 saturated carbocycles. The van der Waals surface area contributed by atoms with E-state index in [9.17, 15) is 24.3 Å². The molecule has 1 aliphatic heterocycles. The van der Waals surface area contributed by atoms with Crippen molar-refractivity contribution in [3.8, 4) is 5.75 Å². The number of halogens is 1. The average Bonchev–Trinajstić information content (AvgIpc) is 3.33. The van der Waals surface area contributed by atoms with E-state index in [2.05, 4.69) is 26.2 Å². The maximum absolute atomic E-state index is 14.3. The van der Waals surface area contributed by atoms with Crippen molar-refractivity contribution < 1.29 is 24.3 Å². The molecule has 1 heterocycles. The van der Waals surface area contributed by atoms with E-state index >= 15 is 0 Å². The van der Waals surface area contributed by atoms with E-state index in [-0.39, 0.29) is 40.0 Å². The standard InChI is InChI=1S/C38H33BrN4O5/c1-19-15-21(16-20(2)35(19)45)32-26-13-14-27-33(28(26)17-29-34(32)31(44)18-30(39)36(29)46)38(48)43(37(27)47)25-11-7-23(8-12-25)41-40-22-5-9-24(10-6-22)42(3)4/h5-13,15-16,18,27-28,32-33,45H,14,17H2,1-4H3. The zero-order valence-electron chi connectivity index (χ0n) is 26.9. The van der Waals surface area contributed by atoms with Crippen LogP contribution in [0.15, 0.2) is 104 Å². The predicted molar refractivity (Wildman–Crippen MR) is 186 cm³/mol. The minimum atomic E-state index is -0.689. The van der Waals surface area contributed by atoms with Crippen molar-refractivity contribution in [1.29, 1.82) is 0 Å². The molecule has 3 aromatic rings. The Kier molecular flexibility index (Phi) is 7.86. The number of carbonyl (C=O) groups excluding carboxylic acids is 4. The van der Waals surface area contributed by atoms with E-state index in [0.29, 0.717) is 45.8 Å². The molecule has 0 spiro atoms. The zero-order valence-corrected chi connectivity index (χ0v) is 28.5. The molecule has 3 aromatic carbocycles. The van der Waals surface area contributed by atoms with Gasteiger partial charge >= 0.3 is 0 Å². The molecule has 0 aromatic heterocycles. The summed E-state index contributed by atoms with van der Waals surface area (Å²) < 4.78 is 0.182. The highest BCUT2D eigenvalue weighted by molar-refractivity contribution is 9.12. The summed E-state index contributed by atoms with van der Waals surface area (Å²) in [5.74, 6) is -3.28. The quantitative estimate of drug-likeness (QED) is 0.127. The molecule has 0 radical (unpaired) electrons. The normalized spacial score (nSPS) is 23.6. The Labute approximate surface area is 286 Å². The van der Waals surface area contributed by atoms with Crippen molar-refractivity contribution in [2.45, 2.75) is 32.6 Å². The van der Waals surface area contributed by atoms with Crippen LogP contribution in [0, 0.1) is 31.6 Å². The number of carbonyl (C=O) groups is 4. The Morgan fingerprint density at radius 1 is 0.854 bits per heavy atom. The first-order chi connectivity index (χ1) is 22.9. The lowest BCUT2D eigenvalue weighted by Gasteiger charge is -2.42. The second-order valence-electron chi connectivity index (χ2n) is 13.0. The summed E-state index contributed by atoms with van der Waals surface area (Å²) >= 11 is 3.27. The number of allylic oxidation sites excluding steroid dienone is 6. The maximum atomic E-state index is 14.3. The molecule has 9 nitrogen and oxygen atoms in total. The molecule has 4 aliphatic rings. The summed E-state index contributed by atoms with van der Waals surface area (Å²) in [6.07, 6.45) is 3.83. The van der Waals surface area contributed by atoms with Crippen molar-refractivity contribution in [1.82, 2.24) is 0 Å². The Morgan fingerprint density at radius 2 is 1.46 bits per heavy atom. The summed E-state index contributed by atoms with van der Waals surface area (Å²) in [6, 6.07) is 18.2. The maximum Gasteiger partial charge on any atom is 0.238 e. The second kappa shape index (κ2) is 11.9. The third kappa shape index (κ3) is 5.15. The number of rotatable bonds is 5. The molecule has 1 fully saturated rings.